The van der Waals surface area contributed by atoms with Gasteiger partial charge in [-0.3, -0.25) is 9.59 Å². The molecule has 0 bridgehead atoms. The number of carbonyl (C=O) groups excluding carboxylic acids is 1. The highest BCUT2D eigenvalue weighted by Gasteiger charge is 2.39. The van der Waals surface area contributed by atoms with E-state index in [1.54, 1.807) is 35.7 Å². The number of benzene rings is 1. The van der Waals surface area contributed by atoms with Crippen LogP contribution in [-0.4, -0.2) is 23.5 Å². The third kappa shape index (κ3) is 3.23. The first-order valence-electron chi connectivity index (χ1n) is 6.81. The molecule has 0 fully saturated rings. The van der Waals surface area contributed by atoms with E-state index in [0.29, 0.717) is 21.3 Å². The summed E-state index contributed by atoms with van der Waals surface area (Å²) >= 11 is 4.63. The number of hydrogen-bond acceptors (Lipinski definition) is 3. The first-order chi connectivity index (χ1) is 10.5. The second-order valence-electron chi connectivity index (χ2n) is 4.89. The number of amides is 1. The summed E-state index contributed by atoms with van der Waals surface area (Å²) in [7, 11) is 0. The van der Waals surface area contributed by atoms with Crippen molar-refractivity contribution in [1.82, 2.24) is 5.32 Å². The first-order valence-corrected chi connectivity index (χ1v) is 8.48. The molecule has 1 aromatic carbocycles. The van der Waals surface area contributed by atoms with Crippen LogP contribution in [0.1, 0.15) is 28.6 Å². The molecular weight excluding hydrogens is 366 g/mol. The van der Waals surface area contributed by atoms with Crippen molar-refractivity contribution < 1.29 is 14.7 Å². The average Bonchev–Trinajstić information content (AvgIpc) is 2.95. The minimum atomic E-state index is -1.12. The van der Waals surface area contributed by atoms with Crippen molar-refractivity contribution >= 4 is 39.1 Å². The van der Waals surface area contributed by atoms with Crippen LogP contribution in [0.15, 0.2) is 46.3 Å². The first kappa shape index (κ1) is 16.7. The fraction of sp³-hybridized carbons (Fsp3) is 0.250. The molecule has 1 aromatic heterocycles. The molecule has 6 heteroatoms. The summed E-state index contributed by atoms with van der Waals surface area (Å²) in [6.07, 6.45) is 0.387. The Morgan fingerprint density at radius 3 is 2.45 bits per heavy atom. The number of carboxylic acids is 1. The van der Waals surface area contributed by atoms with Crippen molar-refractivity contribution in [3.8, 4) is 0 Å². The van der Waals surface area contributed by atoms with Crippen molar-refractivity contribution in [2.24, 2.45) is 0 Å². The summed E-state index contributed by atoms with van der Waals surface area (Å²) in [6, 6.07) is 10.8. The summed E-state index contributed by atoms with van der Waals surface area (Å²) < 4.78 is 0.715. The Kier molecular flexibility index (Phi) is 5.37. The van der Waals surface area contributed by atoms with Crippen LogP contribution in [0.4, 0.5) is 0 Å². The van der Waals surface area contributed by atoms with Crippen LogP contribution in [0.5, 0.6) is 0 Å². The maximum Gasteiger partial charge on any atom is 0.315 e. The Morgan fingerprint density at radius 2 is 1.95 bits per heavy atom. The fourth-order valence-corrected chi connectivity index (χ4v) is 3.77. The van der Waals surface area contributed by atoms with Gasteiger partial charge in [-0.05, 0) is 39.4 Å². The SMILES string of the molecule is CCC(CNC(=O)c1sccc1Br)(C(=O)O)c1ccccc1. The Labute approximate surface area is 141 Å². The number of nitrogens with one attached hydrogen (secondary N) is 1. The van der Waals surface area contributed by atoms with Crippen LogP contribution in [0.3, 0.4) is 0 Å². The van der Waals surface area contributed by atoms with E-state index in [1.807, 2.05) is 13.0 Å². The lowest BCUT2D eigenvalue weighted by Gasteiger charge is -2.29. The number of hydrogen-bond donors (Lipinski definition) is 2. The average molecular weight is 382 g/mol. The van der Waals surface area contributed by atoms with Gasteiger partial charge in [0.15, 0.2) is 0 Å². The maximum absolute atomic E-state index is 12.2. The van der Waals surface area contributed by atoms with Gasteiger partial charge < -0.3 is 10.4 Å². The van der Waals surface area contributed by atoms with E-state index in [-0.39, 0.29) is 12.5 Å². The molecule has 1 atom stereocenters. The quantitative estimate of drug-likeness (QED) is 0.801. The molecule has 2 aromatic rings. The molecule has 0 spiro atoms. The Bertz CT molecular complexity index is 671. The Morgan fingerprint density at radius 1 is 1.27 bits per heavy atom. The topological polar surface area (TPSA) is 66.4 Å². The van der Waals surface area contributed by atoms with Crippen molar-refractivity contribution in [2.75, 3.05) is 6.54 Å². The number of thiophene rings is 1. The van der Waals surface area contributed by atoms with E-state index in [4.69, 9.17) is 0 Å². The summed E-state index contributed by atoms with van der Waals surface area (Å²) in [5, 5.41) is 14.3. The smallest absolute Gasteiger partial charge is 0.315 e. The Balaban J connectivity index is 2.23. The molecule has 0 aliphatic carbocycles. The lowest BCUT2D eigenvalue weighted by Crippen LogP contribution is -2.46. The van der Waals surface area contributed by atoms with Gasteiger partial charge in [0, 0.05) is 11.0 Å². The van der Waals surface area contributed by atoms with E-state index in [1.165, 1.54) is 11.3 Å². The van der Waals surface area contributed by atoms with Gasteiger partial charge in [-0.2, -0.15) is 0 Å². The molecule has 0 aliphatic heterocycles. The molecule has 1 amide bonds. The molecule has 0 saturated carbocycles. The summed E-state index contributed by atoms with van der Waals surface area (Å²) in [4.78, 5) is 24.6. The lowest BCUT2D eigenvalue weighted by molar-refractivity contribution is -0.143. The fourth-order valence-electron chi connectivity index (χ4n) is 2.31. The third-order valence-electron chi connectivity index (χ3n) is 3.71. The predicted octanol–water partition coefficient (Wildman–Crippen LogP) is 3.67. The highest BCUT2D eigenvalue weighted by Crippen LogP contribution is 2.28. The second-order valence-corrected chi connectivity index (χ2v) is 6.66. The van der Waals surface area contributed by atoms with Gasteiger partial charge in [0.05, 0.1) is 0 Å². The van der Waals surface area contributed by atoms with Gasteiger partial charge in [0.25, 0.3) is 5.91 Å². The number of aliphatic carboxylic acids is 1. The largest absolute Gasteiger partial charge is 0.481 e. The highest BCUT2D eigenvalue weighted by molar-refractivity contribution is 9.10. The molecular formula is C16H16BrNO3S. The van der Waals surface area contributed by atoms with Crippen molar-refractivity contribution in [1.29, 1.82) is 0 Å². The number of halogens is 1. The van der Waals surface area contributed by atoms with Crippen molar-refractivity contribution in [2.45, 2.75) is 18.8 Å². The summed E-state index contributed by atoms with van der Waals surface area (Å²) in [5.74, 6) is -1.20. The van der Waals surface area contributed by atoms with E-state index < -0.39 is 11.4 Å². The van der Waals surface area contributed by atoms with Crippen LogP contribution < -0.4 is 5.32 Å². The van der Waals surface area contributed by atoms with E-state index >= 15 is 0 Å². The molecule has 1 unspecified atom stereocenters. The number of carbonyl (C=O) groups is 2. The normalized spacial score (nSPS) is 13.4. The van der Waals surface area contributed by atoms with Crippen LogP contribution in [-0.2, 0) is 10.2 Å². The molecule has 0 radical (unpaired) electrons. The molecule has 2 N–H and O–H groups in total. The molecule has 4 nitrogen and oxygen atoms in total. The highest BCUT2D eigenvalue weighted by atomic mass is 79.9. The van der Waals surface area contributed by atoms with Gasteiger partial charge in [0.2, 0.25) is 0 Å². The predicted molar refractivity (Wildman–Crippen MR) is 90.4 cm³/mol. The van der Waals surface area contributed by atoms with E-state index in [9.17, 15) is 14.7 Å². The maximum atomic E-state index is 12.2. The number of carboxylic acid groups (broad SMARTS) is 1. The van der Waals surface area contributed by atoms with Crippen LogP contribution >= 0.6 is 27.3 Å². The Hall–Kier alpha value is -1.66. The van der Waals surface area contributed by atoms with E-state index in [0.717, 1.165) is 0 Å². The standard InChI is InChI=1S/C16H16BrNO3S/c1-2-16(15(20)21,11-6-4-3-5-7-11)10-18-14(19)13-12(17)8-9-22-13/h3-9H,2,10H2,1H3,(H,18,19)(H,20,21). The molecule has 116 valence electrons. The van der Waals surface area contributed by atoms with Crippen LogP contribution in [0.25, 0.3) is 0 Å². The van der Waals surface area contributed by atoms with Gasteiger partial charge >= 0.3 is 5.97 Å². The van der Waals surface area contributed by atoms with Gasteiger partial charge in [-0.15, -0.1) is 11.3 Å². The molecule has 22 heavy (non-hydrogen) atoms. The van der Waals surface area contributed by atoms with Gasteiger partial charge in [-0.1, -0.05) is 37.3 Å². The van der Waals surface area contributed by atoms with Crippen LogP contribution in [0.2, 0.25) is 0 Å². The second kappa shape index (κ2) is 7.07. The van der Waals surface area contributed by atoms with Crippen molar-refractivity contribution in [3.63, 3.8) is 0 Å². The number of rotatable bonds is 6. The van der Waals surface area contributed by atoms with Gasteiger partial charge in [-0.25, -0.2) is 0 Å². The summed E-state index contributed by atoms with van der Waals surface area (Å²) in [6.45, 7) is 1.86. The minimum Gasteiger partial charge on any atom is -0.481 e. The molecule has 2 rings (SSSR count). The molecule has 0 saturated heterocycles. The van der Waals surface area contributed by atoms with Crippen LogP contribution in [0, 0.1) is 0 Å². The zero-order valence-electron chi connectivity index (χ0n) is 12.0. The lowest BCUT2D eigenvalue weighted by atomic mass is 9.78. The van der Waals surface area contributed by atoms with E-state index in [2.05, 4.69) is 21.2 Å². The zero-order chi connectivity index (χ0) is 16.2. The zero-order valence-corrected chi connectivity index (χ0v) is 14.4. The van der Waals surface area contributed by atoms with Gasteiger partial charge in [0.1, 0.15) is 10.3 Å². The summed E-state index contributed by atoms with van der Waals surface area (Å²) in [5.41, 5.74) is -0.434. The van der Waals surface area contributed by atoms with Crippen molar-refractivity contribution in [3.05, 3.63) is 56.7 Å². The molecule has 1 heterocycles. The molecule has 0 aliphatic rings. The minimum absolute atomic E-state index is 0.0476. The third-order valence-corrected chi connectivity index (χ3v) is 5.55. The monoisotopic (exact) mass is 381 g/mol.